The van der Waals surface area contributed by atoms with Crippen molar-refractivity contribution in [3.63, 3.8) is 0 Å². The molecule has 0 aliphatic carbocycles. The number of rotatable bonds is 7. The molecule has 148 valence electrons. The van der Waals surface area contributed by atoms with E-state index < -0.39 is 0 Å². The number of H-pyrrole nitrogens is 1. The molecule has 0 radical (unpaired) electrons. The standard InChI is InChI=1S/C18H23N7O2S/c1-11-14(12(2)27-22-11)8-25-7-5-13-15(10-28-16(13)9-25)18(26)19-6-3-4-17-20-23-24-21-17/h10H,3-9H2,1-2H3,(H,19,26)(H,20,21,23,24). The summed E-state index contributed by atoms with van der Waals surface area (Å²) in [5, 5.41) is 22.8. The van der Waals surface area contributed by atoms with Gasteiger partial charge in [0.25, 0.3) is 5.91 Å². The molecule has 1 aliphatic heterocycles. The van der Waals surface area contributed by atoms with Crippen molar-refractivity contribution >= 4 is 17.2 Å². The van der Waals surface area contributed by atoms with Crippen molar-refractivity contribution in [2.24, 2.45) is 0 Å². The van der Waals surface area contributed by atoms with E-state index in [-0.39, 0.29) is 5.91 Å². The Morgan fingerprint density at radius 2 is 2.32 bits per heavy atom. The number of aromatic amines is 1. The van der Waals surface area contributed by atoms with E-state index in [1.54, 1.807) is 11.3 Å². The van der Waals surface area contributed by atoms with Crippen molar-refractivity contribution in [3.8, 4) is 0 Å². The van der Waals surface area contributed by atoms with Gasteiger partial charge in [-0.15, -0.1) is 21.5 Å². The Bertz CT molecular complexity index is 928. The van der Waals surface area contributed by atoms with Crippen molar-refractivity contribution in [2.75, 3.05) is 13.1 Å². The van der Waals surface area contributed by atoms with Crippen molar-refractivity contribution in [2.45, 2.75) is 46.2 Å². The van der Waals surface area contributed by atoms with Crippen molar-refractivity contribution < 1.29 is 9.32 Å². The van der Waals surface area contributed by atoms with Gasteiger partial charge in [0.05, 0.1) is 11.3 Å². The number of aryl methyl sites for hydroxylation is 3. The third-order valence-corrected chi connectivity index (χ3v) is 6.10. The Labute approximate surface area is 166 Å². The van der Waals surface area contributed by atoms with E-state index in [0.717, 1.165) is 49.5 Å². The van der Waals surface area contributed by atoms with Gasteiger partial charge < -0.3 is 9.84 Å². The van der Waals surface area contributed by atoms with Gasteiger partial charge in [-0.25, -0.2) is 0 Å². The minimum Gasteiger partial charge on any atom is -0.361 e. The fraction of sp³-hybridized carbons (Fsp3) is 0.500. The molecular weight excluding hydrogens is 378 g/mol. The second-order valence-corrected chi connectivity index (χ2v) is 7.97. The van der Waals surface area contributed by atoms with Crippen LogP contribution in [0.4, 0.5) is 0 Å². The zero-order valence-electron chi connectivity index (χ0n) is 16.0. The van der Waals surface area contributed by atoms with E-state index >= 15 is 0 Å². The van der Waals surface area contributed by atoms with Crippen molar-refractivity contribution in [3.05, 3.63) is 44.2 Å². The number of thiophene rings is 1. The van der Waals surface area contributed by atoms with Gasteiger partial charge in [-0.2, -0.15) is 5.21 Å². The number of nitrogens with one attached hydrogen (secondary N) is 2. The Balaban J connectivity index is 1.32. The third kappa shape index (κ3) is 3.97. The van der Waals surface area contributed by atoms with E-state index in [4.69, 9.17) is 4.52 Å². The maximum atomic E-state index is 12.6. The van der Waals surface area contributed by atoms with Crippen molar-refractivity contribution in [1.29, 1.82) is 0 Å². The summed E-state index contributed by atoms with van der Waals surface area (Å²) in [6.45, 7) is 7.14. The molecule has 10 heteroatoms. The Morgan fingerprint density at radius 3 is 3.07 bits per heavy atom. The quantitative estimate of drug-likeness (QED) is 0.580. The smallest absolute Gasteiger partial charge is 0.252 e. The molecule has 4 heterocycles. The first-order valence-electron chi connectivity index (χ1n) is 9.35. The van der Waals surface area contributed by atoms with Crippen LogP contribution in [0.3, 0.4) is 0 Å². The second kappa shape index (κ2) is 8.19. The summed E-state index contributed by atoms with van der Waals surface area (Å²) in [6, 6.07) is 0. The molecule has 1 aliphatic rings. The maximum Gasteiger partial charge on any atom is 0.252 e. The third-order valence-electron chi connectivity index (χ3n) is 5.09. The number of fused-ring (bicyclic) bond motifs is 1. The molecule has 28 heavy (non-hydrogen) atoms. The molecule has 0 fully saturated rings. The van der Waals surface area contributed by atoms with Gasteiger partial charge in [0.2, 0.25) is 0 Å². The number of carbonyl (C=O) groups is 1. The summed E-state index contributed by atoms with van der Waals surface area (Å²) in [6.07, 6.45) is 2.35. The largest absolute Gasteiger partial charge is 0.361 e. The number of amides is 1. The lowest BCUT2D eigenvalue weighted by molar-refractivity contribution is 0.0952. The van der Waals surface area contributed by atoms with Crippen LogP contribution in [0, 0.1) is 13.8 Å². The highest BCUT2D eigenvalue weighted by atomic mass is 32.1. The molecule has 0 bridgehead atoms. The minimum atomic E-state index is 0.00443. The van der Waals surface area contributed by atoms with Crippen LogP contribution in [0.15, 0.2) is 9.90 Å². The molecule has 1 amide bonds. The number of aromatic nitrogens is 5. The van der Waals surface area contributed by atoms with E-state index in [9.17, 15) is 4.79 Å². The molecule has 2 N–H and O–H groups in total. The first-order chi connectivity index (χ1) is 13.6. The second-order valence-electron chi connectivity index (χ2n) is 7.00. The molecule has 3 aromatic heterocycles. The average molecular weight is 401 g/mol. The van der Waals surface area contributed by atoms with Gasteiger partial charge >= 0.3 is 0 Å². The van der Waals surface area contributed by atoms with Crippen LogP contribution in [0.1, 0.15) is 50.1 Å². The van der Waals surface area contributed by atoms with Crippen LogP contribution >= 0.6 is 11.3 Å². The topological polar surface area (TPSA) is 113 Å². The number of tetrazole rings is 1. The number of hydrogen-bond acceptors (Lipinski definition) is 8. The molecule has 9 nitrogen and oxygen atoms in total. The SMILES string of the molecule is Cc1noc(C)c1CN1CCc2c(C(=O)NCCCc3nn[nH]n3)csc2C1. The van der Waals surface area contributed by atoms with Crippen LogP contribution in [-0.4, -0.2) is 49.7 Å². The Morgan fingerprint density at radius 1 is 1.43 bits per heavy atom. The van der Waals surface area contributed by atoms with Gasteiger partial charge in [0, 0.05) is 48.4 Å². The highest BCUT2D eigenvalue weighted by Gasteiger charge is 2.25. The molecule has 0 aromatic carbocycles. The molecule has 0 spiro atoms. The lowest BCUT2D eigenvalue weighted by Crippen LogP contribution is -2.31. The van der Waals surface area contributed by atoms with E-state index in [0.29, 0.717) is 18.8 Å². The molecule has 0 saturated carbocycles. The number of hydrogen-bond donors (Lipinski definition) is 2. The lowest BCUT2D eigenvalue weighted by atomic mass is 10.0. The van der Waals surface area contributed by atoms with E-state index in [1.165, 1.54) is 16.0 Å². The predicted molar refractivity (Wildman–Crippen MR) is 103 cm³/mol. The van der Waals surface area contributed by atoms with Crippen LogP contribution in [-0.2, 0) is 25.9 Å². The highest BCUT2D eigenvalue weighted by molar-refractivity contribution is 7.10. The Kier molecular flexibility index (Phi) is 5.49. The van der Waals surface area contributed by atoms with Gasteiger partial charge in [-0.05, 0) is 32.3 Å². The van der Waals surface area contributed by atoms with E-state index in [2.05, 4.69) is 36.0 Å². The van der Waals surface area contributed by atoms with Gasteiger partial charge in [0.15, 0.2) is 5.82 Å². The zero-order chi connectivity index (χ0) is 19.5. The van der Waals surface area contributed by atoms with Crippen LogP contribution in [0.5, 0.6) is 0 Å². The summed E-state index contributed by atoms with van der Waals surface area (Å²) >= 11 is 1.67. The summed E-state index contributed by atoms with van der Waals surface area (Å²) in [5.41, 5.74) is 4.13. The van der Waals surface area contributed by atoms with Crippen LogP contribution in [0.2, 0.25) is 0 Å². The predicted octanol–water partition coefficient (Wildman–Crippen LogP) is 1.79. The summed E-state index contributed by atoms with van der Waals surface area (Å²) in [4.78, 5) is 16.2. The molecule has 3 aromatic rings. The van der Waals surface area contributed by atoms with E-state index in [1.807, 2.05) is 19.2 Å². The Hall–Kier alpha value is -2.59. The molecule has 0 atom stereocenters. The summed E-state index contributed by atoms with van der Waals surface area (Å²) in [5.74, 6) is 1.56. The first kappa shape index (κ1) is 18.8. The van der Waals surface area contributed by atoms with Crippen molar-refractivity contribution in [1.82, 2.24) is 36.0 Å². The minimum absolute atomic E-state index is 0.00443. The van der Waals surface area contributed by atoms with Crippen LogP contribution < -0.4 is 5.32 Å². The summed E-state index contributed by atoms with van der Waals surface area (Å²) < 4.78 is 5.27. The first-order valence-corrected chi connectivity index (χ1v) is 10.2. The molecule has 0 unspecified atom stereocenters. The fourth-order valence-corrected chi connectivity index (χ4v) is 4.61. The zero-order valence-corrected chi connectivity index (χ0v) is 16.8. The highest BCUT2D eigenvalue weighted by Crippen LogP contribution is 2.30. The average Bonchev–Trinajstić information content (AvgIpc) is 3.42. The monoisotopic (exact) mass is 401 g/mol. The normalized spacial score (nSPS) is 14.2. The maximum absolute atomic E-state index is 12.6. The number of nitrogens with zero attached hydrogens (tertiary/aromatic N) is 5. The molecule has 4 rings (SSSR count). The number of carbonyl (C=O) groups excluding carboxylic acids is 1. The van der Waals surface area contributed by atoms with Gasteiger partial charge in [0.1, 0.15) is 5.76 Å². The molecule has 0 saturated heterocycles. The lowest BCUT2D eigenvalue weighted by Gasteiger charge is -2.27. The fourth-order valence-electron chi connectivity index (χ4n) is 3.49. The van der Waals surface area contributed by atoms with Gasteiger partial charge in [-0.1, -0.05) is 10.4 Å². The van der Waals surface area contributed by atoms with Crippen LogP contribution in [0.25, 0.3) is 0 Å². The molecular formula is C18H23N7O2S. The summed E-state index contributed by atoms with van der Waals surface area (Å²) in [7, 11) is 0. The van der Waals surface area contributed by atoms with Gasteiger partial charge in [-0.3, -0.25) is 9.69 Å².